The molecule has 0 bridgehead atoms. The maximum Gasteiger partial charge on any atom is 0.337 e. The molecule has 8 nitrogen and oxygen atoms in total. The van der Waals surface area contributed by atoms with Crippen molar-refractivity contribution < 1.29 is 19.1 Å². The number of rotatable bonds is 6. The number of hydrogen-bond donors (Lipinski definition) is 3. The number of ether oxygens (including phenoxy) is 1. The van der Waals surface area contributed by atoms with Crippen LogP contribution in [0, 0.1) is 6.92 Å². The van der Waals surface area contributed by atoms with Crippen LogP contribution in [0.4, 0.5) is 21.0 Å². The molecule has 9 heteroatoms. The van der Waals surface area contributed by atoms with Gasteiger partial charge in [0.25, 0.3) is 0 Å². The third kappa shape index (κ3) is 5.46. The molecule has 1 heterocycles. The molecule has 0 saturated carbocycles. The highest BCUT2D eigenvalue weighted by molar-refractivity contribution is 6.31. The number of nitrogens with zero attached hydrogens (tertiary/aromatic N) is 1. The zero-order valence-electron chi connectivity index (χ0n) is 19.0. The number of amides is 4. The number of nitrogens with one attached hydrogen (secondary N) is 3. The number of hydrogen-bond acceptors (Lipinski definition) is 4. The number of anilines is 2. The smallest absolute Gasteiger partial charge is 0.337 e. The quantitative estimate of drug-likeness (QED) is 0.504. The van der Waals surface area contributed by atoms with E-state index in [2.05, 4.69) is 16.0 Å². The van der Waals surface area contributed by atoms with Crippen LogP contribution in [0.2, 0.25) is 5.02 Å². The van der Waals surface area contributed by atoms with Crippen LogP contribution in [-0.2, 0) is 9.53 Å². The second-order valence-electron chi connectivity index (χ2n) is 7.69. The molecule has 2 aromatic carbocycles. The lowest BCUT2D eigenvalue weighted by molar-refractivity contribution is -0.136. The fraction of sp³-hybridized carbons (Fsp3) is 0.292. The molecule has 3 rings (SSSR count). The molecule has 0 radical (unpaired) electrons. The highest BCUT2D eigenvalue weighted by Gasteiger charge is 2.35. The number of esters is 1. The largest absolute Gasteiger partial charge is 0.466 e. The molecule has 0 aliphatic carbocycles. The Bertz CT molecular complexity index is 1100. The van der Waals surface area contributed by atoms with Gasteiger partial charge in [-0.25, -0.2) is 14.4 Å². The van der Waals surface area contributed by atoms with Crippen LogP contribution in [0.3, 0.4) is 0 Å². The van der Waals surface area contributed by atoms with Crippen molar-refractivity contribution in [3.8, 4) is 0 Å². The van der Waals surface area contributed by atoms with Crippen molar-refractivity contribution in [3.05, 3.63) is 69.9 Å². The zero-order valence-corrected chi connectivity index (χ0v) is 19.7. The standard InChI is InChI=1S/C24H27ClN4O4/c1-5-12-29-15(3)20(22(30)33-4)21(28-24(29)32)16-7-10-17(11-8-16)26-23(31)27-18-9-6-14(2)19(25)13-18/h6-11,13,21H,5,12H2,1-4H3,(H,28,32)(H2,26,27,31). The molecule has 4 amide bonds. The van der Waals surface area contributed by atoms with Gasteiger partial charge in [-0.15, -0.1) is 0 Å². The Morgan fingerprint density at radius 2 is 1.73 bits per heavy atom. The first-order chi connectivity index (χ1) is 15.7. The second-order valence-corrected chi connectivity index (χ2v) is 8.10. The average molecular weight is 471 g/mol. The van der Waals surface area contributed by atoms with Crippen molar-refractivity contribution in [2.24, 2.45) is 0 Å². The van der Waals surface area contributed by atoms with Gasteiger partial charge >= 0.3 is 18.0 Å². The van der Waals surface area contributed by atoms with Gasteiger partial charge in [0.2, 0.25) is 0 Å². The zero-order chi connectivity index (χ0) is 24.1. The van der Waals surface area contributed by atoms with Crippen molar-refractivity contribution in [1.82, 2.24) is 10.2 Å². The summed E-state index contributed by atoms with van der Waals surface area (Å²) in [4.78, 5) is 39.0. The summed E-state index contributed by atoms with van der Waals surface area (Å²) >= 11 is 6.10. The maximum atomic E-state index is 12.6. The number of aryl methyl sites for hydroxylation is 1. The third-order valence-electron chi connectivity index (χ3n) is 5.38. The molecule has 1 atom stereocenters. The van der Waals surface area contributed by atoms with Crippen molar-refractivity contribution >= 4 is 41.0 Å². The minimum absolute atomic E-state index is 0.273. The molecule has 3 N–H and O–H groups in total. The Labute approximate surface area is 197 Å². The second kappa shape index (κ2) is 10.4. The summed E-state index contributed by atoms with van der Waals surface area (Å²) in [6.45, 7) is 6.08. The maximum absolute atomic E-state index is 12.6. The summed E-state index contributed by atoms with van der Waals surface area (Å²) in [5.41, 5.74) is 3.67. The van der Waals surface area contributed by atoms with Crippen molar-refractivity contribution in [2.45, 2.75) is 33.2 Å². The Hall–Kier alpha value is -3.52. The van der Waals surface area contributed by atoms with Gasteiger partial charge in [0.05, 0.1) is 18.7 Å². The van der Waals surface area contributed by atoms with Gasteiger partial charge in [-0.1, -0.05) is 36.7 Å². The van der Waals surface area contributed by atoms with Crippen LogP contribution >= 0.6 is 11.6 Å². The number of carbonyl (C=O) groups excluding carboxylic acids is 3. The van der Waals surface area contributed by atoms with Crippen LogP contribution in [0.25, 0.3) is 0 Å². The summed E-state index contributed by atoms with van der Waals surface area (Å²) in [6, 6.07) is 10.8. The molecule has 0 fully saturated rings. The van der Waals surface area contributed by atoms with E-state index in [4.69, 9.17) is 16.3 Å². The number of methoxy groups -OCH3 is 1. The lowest BCUT2D eigenvalue weighted by atomic mass is 9.94. The SMILES string of the molecule is CCCN1C(=O)NC(c2ccc(NC(=O)Nc3ccc(C)c(Cl)c3)cc2)C(C(=O)OC)=C1C. The molecule has 33 heavy (non-hydrogen) atoms. The predicted molar refractivity (Wildman–Crippen MR) is 128 cm³/mol. The van der Waals surface area contributed by atoms with Gasteiger partial charge in [0.15, 0.2) is 0 Å². The minimum Gasteiger partial charge on any atom is -0.466 e. The van der Waals surface area contributed by atoms with E-state index in [9.17, 15) is 14.4 Å². The number of urea groups is 2. The first-order valence-corrected chi connectivity index (χ1v) is 10.9. The number of carbonyl (C=O) groups is 3. The highest BCUT2D eigenvalue weighted by Crippen LogP contribution is 2.32. The predicted octanol–water partition coefficient (Wildman–Crippen LogP) is 5.22. The molecule has 0 aromatic heterocycles. The molecular weight excluding hydrogens is 444 g/mol. The van der Waals surface area contributed by atoms with Crippen LogP contribution in [-0.4, -0.2) is 36.6 Å². The van der Waals surface area contributed by atoms with E-state index in [1.165, 1.54) is 7.11 Å². The van der Waals surface area contributed by atoms with Gasteiger partial charge in [0, 0.05) is 28.6 Å². The Morgan fingerprint density at radius 1 is 1.09 bits per heavy atom. The average Bonchev–Trinajstić information content (AvgIpc) is 2.78. The summed E-state index contributed by atoms with van der Waals surface area (Å²) in [6.07, 6.45) is 0.751. The highest BCUT2D eigenvalue weighted by atomic mass is 35.5. The van der Waals surface area contributed by atoms with Gasteiger partial charge in [-0.05, 0) is 55.7 Å². The Morgan fingerprint density at radius 3 is 2.33 bits per heavy atom. The summed E-state index contributed by atoms with van der Waals surface area (Å²) in [7, 11) is 1.31. The molecule has 1 aliphatic heterocycles. The molecule has 2 aromatic rings. The number of allylic oxidation sites excluding steroid dienone is 1. The van der Waals surface area contributed by atoms with Crippen molar-refractivity contribution in [1.29, 1.82) is 0 Å². The van der Waals surface area contributed by atoms with Gasteiger partial charge in [-0.3, -0.25) is 4.90 Å². The van der Waals surface area contributed by atoms with E-state index in [1.807, 2.05) is 19.9 Å². The topological polar surface area (TPSA) is 99.8 Å². The Balaban J connectivity index is 1.77. The lowest BCUT2D eigenvalue weighted by Gasteiger charge is -2.35. The molecule has 0 spiro atoms. The molecule has 174 valence electrons. The number of halogens is 1. The monoisotopic (exact) mass is 470 g/mol. The van der Waals surface area contributed by atoms with E-state index in [0.717, 1.165) is 12.0 Å². The normalized spacial score (nSPS) is 15.7. The number of benzene rings is 2. The first kappa shape index (κ1) is 24.1. The van der Waals surface area contributed by atoms with E-state index in [-0.39, 0.29) is 6.03 Å². The fourth-order valence-electron chi connectivity index (χ4n) is 3.62. The molecule has 0 saturated heterocycles. The van der Waals surface area contributed by atoms with Crippen molar-refractivity contribution in [3.63, 3.8) is 0 Å². The van der Waals surface area contributed by atoms with Crippen LogP contribution in [0.5, 0.6) is 0 Å². The molecule has 1 aliphatic rings. The van der Waals surface area contributed by atoms with E-state index in [0.29, 0.717) is 39.8 Å². The van der Waals surface area contributed by atoms with Crippen molar-refractivity contribution in [2.75, 3.05) is 24.3 Å². The van der Waals surface area contributed by atoms with E-state index in [1.54, 1.807) is 48.2 Å². The summed E-state index contributed by atoms with van der Waals surface area (Å²) in [5.74, 6) is -0.503. The van der Waals surface area contributed by atoms with Crippen LogP contribution in [0.1, 0.15) is 37.4 Å². The van der Waals surface area contributed by atoms with Crippen LogP contribution in [0.15, 0.2) is 53.7 Å². The third-order valence-corrected chi connectivity index (χ3v) is 5.79. The van der Waals surface area contributed by atoms with Crippen LogP contribution < -0.4 is 16.0 Å². The van der Waals surface area contributed by atoms with E-state index < -0.39 is 18.0 Å². The minimum atomic E-state index is -0.657. The van der Waals surface area contributed by atoms with E-state index >= 15 is 0 Å². The molecular formula is C24H27ClN4O4. The van der Waals surface area contributed by atoms with Gasteiger partial charge in [0.1, 0.15) is 0 Å². The summed E-state index contributed by atoms with van der Waals surface area (Å²) < 4.78 is 4.97. The summed E-state index contributed by atoms with van der Waals surface area (Å²) in [5, 5.41) is 8.92. The molecule has 1 unspecified atom stereocenters. The fourth-order valence-corrected chi connectivity index (χ4v) is 3.80. The lowest BCUT2D eigenvalue weighted by Crippen LogP contribution is -2.48. The Kier molecular flexibility index (Phi) is 7.60. The van der Waals surface area contributed by atoms with Gasteiger partial charge in [-0.2, -0.15) is 0 Å². The van der Waals surface area contributed by atoms with Gasteiger partial charge < -0.3 is 20.7 Å². The first-order valence-electron chi connectivity index (χ1n) is 10.6.